The summed E-state index contributed by atoms with van der Waals surface area (Å²) in [6.45, 7) is 1.77. The lowest BCUT2D eigenvalue weighted by molar-refractivity contribution is -0.132. The van der Waals surface area contributed by atoms with Crippen LogP contribution in [0.3, 0.4) is 0 Å². The Morgan fingerprint density at radius 1 is 1.21 bits per heavy atom. The second-order valence-electron chi connectivity index (χ2n) is 4.23. The average Bonchev–Trinajstić information content (AvgIpc) is 2.43. The number of carbonyl (C=O) groups is 1. The van der Waals surface area contributed by atoms with Gasteiger partial charge in [0.05, 0.1) is 0 Å². The van der Waals surface area contributed by atoms with Gasteiger partial charge in [0.15, 0.2) is 0 Å². The lowest BCUT2D eigenvalue weighted by atomic mass is 10.1. The summed E-state index contributed by atoms with van der Waals surface area (Å²) >= 11 is 1.69. The van der Waals surface area contributed by atoms with Crippen molar-refractivity contribution >= 4 is 28.5 Å². The van der Waals surface area contributed by atoms with Gasteiger partial charge in [-0.1, -0.05) is 36.4 Å². The maximum absolute atomic E-state index is 10.9. The van der Waals surface area contributed by atoms with Crippen LogP contribution in [0.25, 0.3) is 10.8 Å². The number of carboxylic acid groups (broad SMARTS) is 1. The van der Waals surface area contributed by atoms with Crippen LogP contribution in [-0.4, -0.2) is 16.8 Å². The molecular formula is C16H16O2S. The molecule has 0 bridgehead atoms. The number of allylic oxidation sites excluding steroid dienone is 1. The third-order valence-corrected chi connectivity index (χ3v) is 3.98. The van der Waals surface area contributed by atoms with E-state index in [9.17, 15) is 4.79 Å². The summed E-state index contributed by atoms with van der Waals surface area (Å²) in [4.78, 5) is 12.1. The first-order valence-corrected chi connectivity index (χ1v) is 7.19. The van der Waals surface area contributed by atoms with Crippen molar-refractivity contribution in [2.75, 3.05) is 5.75 Å². The van der Waals surface area contributed by atoms with Gasteiger partial charge < -0.3 is 5.11 Å². The Bertz CT molecular complexity index is 617. The summed E-state index contributed by atoms with van der Waals surface area (Å²) in [5, 5.41) is 11.4. The highest BCUT2D eigenvalue weighted by atomic mass is 32.2. The first kappa shape index (κ1) is 13.7. The monoisotopic (exact) mass is 272 g/mol. The second-order valence-corrected chi connectivity index (χ2v) is 5.39. The molecular weight excluding hydrogens is 256 g/mol. The summed E-state index contributed by atoms with van der Waals surface area (Å²) in [7, 11) is 0. The maximum Gasteiger partial charge on any atom is 0.331 e. The second kappa shape index (κ2) is 6.43. The highest BCUT2D eigenvalue weighted by Crippen LogP contribution is 2.24. The van der Waals surface area contributed by atoms with Crippen molar-refractivity contribution in [2.24, 2.45) is 0 Å². The third kappa shape index (κ3) is 3.61. The minimum Gasteiger partial charge on any atom is -0.478 e. The number of benzene rings is 2. The number of carboxylic acids is 1. The fourth-order valence-electron chi connectivity index (χ4n) is 1.91. The molecule has 2 nitrogen and oxygen atoms in total. The molecule has 2 aromatic rings. The lowest BCUT2D eigenvalue weighted by Gasteiger charge is -2.04. The minimum atomic E-state index is -0.818. The molecule has 2 rings (SSSR count). The topological polar surface area (TPSA) is 37.3 Å². The number of thioether (sulfide) groups is 1. The van der Waals surface area contributed by atoms with E-state index in [2.05, 4.69) is 30.3 Å². The van der Waals surface area contributed by atoms with E-state index >= 15 is 0 Å². The molecule has 0 atom stereocenters. The van der Waals surface area contributed by atoms with Gasteiger partial charge in [-0.25, -0.2) is 4.79 Å². The SMILES string of the molecule is CC=C(CCSc1ccc2ccccc2c1)C(=O)O. The van der Waals surface area contributed by atoms with E-state index in [1.165, 1.54) is 15.7 Å². The lowest BCUT2D eigenvalue weighted by Crippen LogP contribution is -2.01. The third-order valence-electron chi connectivity index (χ3n) is 2.98. The van der Waals surface area contributed by atoms with E-state index in [1.54, 1.807) is 24.8 Å². The van der Waals surface area contributed by atoms with Crippen molar-refractivity contribution in [3.63, 3.8) is 0 Å². The number of aliphatic carboxylic acids is 1. The average molecular weight is 272 g/mol. The number of hydrogen-bond acceptors (Lipinski definition) is 2. The Hall–Kier alpha value is -1.74. The number of fused-ring (bicyclic) bond motifs is 1. The van der Waals surface area contributed by atoms with E-state index in [0.29, 0.717) is 12.0 Å². The van der Waals surface area contributed by atoms with Crippen LogP contribution in [0.2, 0.25) is 0 Å². The Labute approximate surface area is 117 Å². The molecule has 0 spiro atoms. The summed E-state index contributed by atoms with van der Waals surface area (Å²) in [5.74, 6) is -0.0359. The standard InChI is InChI=1S/C16H16O2S/c1-2-12(16(17)18)9-10-19-15-8-7-13-5-3-4-6-14(13)11-15/h2-8,11H,9-10H2,1H3,(H,17,18). The molecule has 0 radical (unpaired) electrons. The molecule has 0 aliphatic heterocycles. The normalized spacial score (nSPS) is 11.7. The molecule has 1 N–H and O–H groups in total. The zero-order chi connectivity index (χ0) is 13.7. The summed E-state index contributed by atoms with van der Waals surface area (Å²) < 4.78 is 0. The number of hydrogen-bond donors (Lipinski definition) is 1. The fraction of sp³-hybridized carbons (Fsp3) is 0.188. The molecule has 0 aromatic heterocycles. The Kier molecular flexibility index (Phi) is 4.63. The van der Waals surface area contributed by atoms with Crippen molar-refractivity contribution < 1.29 is 9.90 Å². The molecule has 0 aliphatic carbocycles. The minimum absolute atomic E-state index is 0.480. The van der Waals surface area contributed by atoms with Crippen LogP contribution in [-0.2, 0) is 4.79 Å². The van der Waals surface area contributed by atoms with Crippen molar-refractivity contribution in [3.05, 3.63) is 54.1 Å². The van der Waals surface area contributed by atoms with Crippen LogP contribution < -0.4 is 0 Å². The Morgan fingerprint density at radius 3 is 2.63 bits per heavy atom. The maximum atomic E-state index is 10.9. The summed E-state index contributed by atoms with van der Waals surface area (Å²) in [6.07, 6.45) is 2.26. The van der Waals surface area contributed by atoms with Crippen molar-refractivity contribution in [3.8, 4) is 0 Å². The van der Waals surface area contributed by atoms with Crippen LogP contribution >= 0.6 is 11.8 Å². The molecule has 0 heterocycles. The molecule has 0 unspecified atom stereocenters. The van der Waals surface area contributed by atoms with Crippen LogP contribution in [0.1, 0.15) is 13.3 Å². The highest BCUT2D eigenvalue weighted by molar-refractivity contribution is 7.99. The predicted octanol–water partition coefficient (Wildman–Crippen LogP) is 4.35. The van der Waals surface area contributed by atoms with Crippen molar-refractivity contribution in [1.82, 2.24) is 0 Å². The molecule has 0 saturated heterocycles. The fourth-order valence-corrected chi connectivity index (χ4v) is 2.84. The molecule has 0 fully saturated rings. The smallest absolute Gasteiger partial charge is 0.331 e. The van der Waals surface area contributed by atoms with Gasteiger partial charge in [-0.05, 0) is 36.2 Å². The van der Waals surface area contributed by atoms with Gasteiger partial charge in [0.2, 0.25) is 0 Å². The summed E-state index contributed by atoms with van der Waals surface area (Å²) in [5.41, 5.74) is 0.480. The van der Waals surface area contributed by atoms with Crippen LogP contribution in [0.15, 0.2) is 59.0 Å². The molecule has 0 aliphatic rings. The van der Waals surface area contributed by atoms with Crippen LogP contribution in [0.4, 0.5) is 0 Å². The molecule has 0 amide bonds. The van der Waals surface area contributed by atoms with E-state index in [-0.39, 0.29) is 0 Å². The largest absolute Gasteiger partial charge is 0.478 e. The van der Waals surface area contributed by atoms with Crippen molar-refractivity contribution in [2.45, 2.75) is 18.2 Å². The predicted molar refractivity (Wildman–Crippen MR) is 80.7 cm³/mol. The molecule has 3 heteroatoms. The number of rotatable bonds is 5. The van der Waals surface area contributed by atoms with Crippen LogP contribution in [0, 0.1) is 0 Å². The van der Waals surface area contributed by atoms with Gasteiger partial charge in [-0.2, -0.15) is 0 Å². The first-order valence-electron chi connectivity index (χ1n) is 6.21. The van der Waals surface area contributed by atoms with Crippen molar-refractivity contribution in [1.29, 1.82) is 0 Å². The van der Waals surface area contributed by atoms with E-state index in [4.69, 9.17) is 5.11 Å². The van der Waals surface area contributed by atoms with Gasteiger partial charge in [0.1, 0.15) is 0 Å². The molecule has 19 heavy (non-hydrogen) atoms. The van der Waals surface area contributed by atoms with Gasteiger partial charge in [-0.3, -0.25) is 0 Å². The van der Waals surface area contributed by atoms with Crippen LogP contribution in [0.5, 0.6) is 0 Å². The van der Waals surface area contributed by atoms with E-state index < -0.39 is 5.97 Å². The highest BCUT2D eigenvalue weighted by Gasteiger charge is 2.05. The molecule has 0 saturated carbocycles. The zero-order valence-corrected chi connectivity index (χ0v) is 11.6. The Morgan fingerprint density at radius 2 is 1.95 bits per heavy atom. The van der Waals surface area contributed by atoms with Gasteiger partial charge in [-0.15, -0.1) is 11.8 Å². The van der Waals surface area contributed by atoms with Gasteiger partial charge in [0, 0.05) is 16.2 Å². The Balaban J connectivity index is 2.00. The molecule has 2 aromatic carbocycles. The zero-order valence-electron chi connectivity index (χ0n) is 10.8. The van der Waals surface area contributed by atoms with E-state index in [0.717, 1.165) is 5.75 Å². The van der Waals surface area contributed by atoms with E-state index in [1.807, 2.05) is 12.1 Å². The summed E-state index contributed by atoms with van der Waals surface area (Å²) in [6, 6.07) is 14.6. The quantitative estimate of drug-likeness (QED) is 0.649. The first-order chi connectivity index (χ1) is 9.20. The van der Waals surface area contributed by atoms with Gasteiger partial charge in [0.25, 0.3) is 0 Å². The van der Waals surface area contributed by atoms with Gasteiger partial charge >= 0.3 is 5.97 Å². The molecule has 98 valence electrons.